The lowest BCUT2D eigenvalue weighted by Gasteiger charge is -2.10. The highest BCUT2D eigenvalue weighted by Crippen LogP contribution is 2.13. The van der Waals surface area contributed by atoms with E-state index in [1.807, 2.05) is 38.1 Å². The van der Waals surface area contributed by atoms with Gasteiger partial charge in [-0.05, 0) is 56.2 Å². The fourth-order valence-electron chi connectivity index (χ4n) is 2.17. The highest BCUT2D eigenvalue weighted by atomic mass is 16.2. The van der Waals surface area contributed by atoms with Crippen molar-refractivity contribution in [1.29, 1.82) is 0 Å². The number of hydrogen-bond donors (Lipinski definition) is 2. The number of nitrogens with one attached hydrogen (secondary N) is 2. The van der Waals surface area contributed by atoms with Gasteiger partial charge in [-0.3, -0.25) is 9.59 Å². The Hall–Kier alpha value is -2.62. The van der Waals surface area contributed by atoms with Gasteiger partial charge in [-0.15, -0.1) is 0 Å². The number of benzene rings is 2. The second kappa shape index (κ2) is 7.58. The van der Waals surface area contributed by atoms with Crippen LogP contribution < -0.4 is 10.6 Å². The first kappa shape index (κ1) is 16.7. The van der Waals surface area contributed by atoms with Crippen molar-refractivity contribution in [2.45, 2.75) is 33.2 Å². The predicted molar refractivity (Wildman–Crippen MR) is 92.8 cm³/mol. The number of rotatable bonds is 5. The lowest BCUT2D eigenvalue weighted by atomic mass is 10.1. The van der Waals surface area contributed by atoms with E-state index in [4.69, 9.17) is 0 Å². The highest BCUT2D eigenvalue weighted by molar-refractivity contribution is 6.06. The molecule has 2 rings (SSSR count). The summed E-state index contributed by atoms with van der Waals surface area (Å²) in [7, 11) is 0. The zero-order valence-electron chi connectivity index (χ0n) is 13.7. The average Bonchev–Trinajstić information content (AvgIpc) is 2.55. The zero-order valence-corrected chi connectivity index (χ0v) is 13.7. The molecule has 2 N–H and O–H groups in total. The van der Waals surface area contributed by atoms with Crippen molar-refractivity contribution >= 4 is 17.5 Å². The summed E-state index contributed by atoms with van der Waals surface area (Å²) in [5.41, 5.74) is 2.90. The van der Waals surface area contributed by atoms with Crippen LogP contribution in [0.1, 0.15) is 47.1 Å². The van der Waals surface area contributed by atoms with Crippen LogP contribution in [0.15, 0.2) is 48.5 Å². The van der Waals surface area contributed by atoms with Crippen LogP contribution in [0.2, 0.25) is 0 Å². The van der Waals surface area contributed by atoms with E-state index in [1.54, 1.807) is 24.3 Å². The molecule has 0 bridgehead atoms. The molecule has 2 amide bonds. The lowest BCUT2D eigenvalue weighted by Crippen LogP contribution is -2.30. The molecule has 0 aromatic heterocycles. The van der Waals surface area contributed by atoms with Gasteiger partial charge in [0.15, 0.2) is 0 Å². The maximum Gasteiger partial charge on any atom is 0.255 e. The van der Waals surface area contributed by atoms with Gasteiger partial charge < -0.3 is 10.6 Å². The molecule has 0 fully saturated rings. The largest absolute Gasteiger partial charge is 0.350 e. The molecule has 0 unspecified atom stereocenters. The van der Waals surface area contributed by atoms with E-state index in [9.17, 15) is 9.59 Å². The average molecular weight is 310 g/mol. The molecule has 0 radical (unpaired) electrons. The molecule has 4 heteroatoms. The number of hydrogen-bond acceptors (Lipinski definition) is 2. The van der Waals surface area contributed by atoms with Crippen molar-refractivity contribution in [1.82, 2.24) is 5.32 Å². The van der Waals surface area contributed by atoms with Crippen LogP contribution in [0.5, 0.6) is 0 Å². The molecule has 120 valence electrons. The van der Waals surface area contributed by atoms with E-state index in [0.29, 0.717) is 11.1 Å². The second-order valence-electron chi connectivity index (χ2n) is 5.71. The topological polar surface area (TPSA) is 58.2 Å². The summed E-state index contributed by atoms with van der Waals surface area (Å²) >= 11 is 0. The zero-order chi connectivity index (χ0) is 16.8. The third-order valence-corrected chi connectivity index (χ3v) is 3.43. The molecular formula is C19H22N2O2. The lowest BCUT2D eigenvalue weighted by molar-refractivity contribution is 0.0943. The predicted octanol–water partition coefficient (Wildman–Crippen LogP) is 3.64. The van der Waals surface area contributed by atoms with Gasteiger partial charge in [-0.2, -0.15) is 0 Å². The highest BCUT2D eigenvalue weighted by Gasteiger charge is 2.11. The molecule has 0 saturated carbocycles. The van der Waals surface area contributed by atoms with Crippen LogP contribution in [-0.2, 0) is 6.42 Å². The van der Waals surface area contributed by atoms with Crippen molar-refractivity contribution in [2.24, 2.45) is 0 Å². The van der Waals surface area contributed by atoms with Crippen LogP contribution in [0.25, 0.3) is 0 Å². The van der Waals surface area contributed by atoms with Gasteiger partial charge in [-0.25, -0.2) is 0 Å². The molecule has 0 aliphatic heterocycles. The molecular weight excluding hydrogens is 288 g/mol. The van der Waals surface area contributed by atoms with Gasteiger partial charge in [0.1, 0.15) is 0 Å². The van der Waals surface area contributed by atoms with Gasteiger partial charge in [0, 0.05) is 22.9 Å². The van der Waals surface area contributed by atoms with Gasteiger partial charge >= 0.3 is 0 Å². The summed E-state index contributed by atoms with van der Waals surface area (Å²) in [6, 6.07) is 14.5. The molecule has 0 spiro atoms. The number of carbonyl (C=O) groups is 2. The Kier molecular flexibility index (Phi) is 5.52. The molecule has 0 atom stereocenters. The van der Waals surface area contributed by atoms with Crippen LogP contribution >= 0.6 is 0 Å². The van der Waals surface area contributed by atoms with E-state index in [-0.39, 0.29) is 17.9 Å². The Morgan fingerprint density at radius 3 is 2.13 bits per heavy atom. The first-order valence-corrected chi connectivity index (χ1v) is 7.81. The van der Waals surface area contributed by atoms with Crippen LogP contribution in [-0.4, -0.2) is 17.9 Å². The van der Waals surface area contributed by atoms with Crippen LogP contribution in [0.3, 0.4) is 0 Å². The SMILES string of the molecule is CCc1ccc(NC(=O)c2cccc(C(=O)NC(C)C)c2)cc1. The van der Waals surface area contributed by atoms with Gasteiger partial charge in [-0.1, -0.05) is 25.1 Å². The molecule has 0 heterocycles. The molecule has 2 aromatic carbocycles. The van der Waals surface area contributed by atoms with E-state index >= 15 is 0 Å². The van der Waals surface area contributed by atoms with Crippen molar-refractivity contribution in [2.75, 3.05) is 5.32 Å². The maximum atomic E-state index is 12.3. The minimum atomic E-state index is -0.228. The number of aryl methyl sites for hydroxylation is 1. The van der Waals surface area contributed by atoms with Crippen molar-refractivity contribution in [3.05, 3.63) is 65.2 Å². The summed E-state index contributed by atoms with van der Waals surface area (Å²) in [5, 5.41) is 5.66. The van der Waals surface area contributed by atoms with Gasteiger partial charge in [0.25, 0.3) is 11.8 Å². The first-order valence-electron chi connectivity index (χ1n) is 7.81. The third kappa shape index (κ3) is 4.68. The van der Waals surface area contributed by atoms with Crippen LogP contribution in [0.4, 0.5) is 5.69 Å². The fraction of sp³-hybridized carbons (Fsp3) is 0.263. The summed E-state index contributed by atoms with van der Waals surface area (Å²) in [5.74, 6) is -0.407. The quantitative estimate of drug-likeness (QED) is 0.886. The molecule has 2 aromatic rings. The Morgan fingerprint density at radius 1 is 0.957 bits per heavy atom. The summed E-state index contributed by atoms with van der Waals surface area (Å²) in [6.07, 6.45) is 0.960. The Labute approximate surface area is 136 Å². The monoisotopic (exact) mass is 310 g/mol. The number of anilines is 1. The second-order valence-corrected chi connectivity index (χ2v) is 5.71. The van der Waals surface area contributed by atoms with E-state index in [2.05, 4.69) is 17.6 Å². The Bertz CT molecular complexity index is 691. The number of carbonyl (C=O) groups excluding carboxylic acids is 2. The van der Waals surface area contributed by atoms with Crippen LogP contribution in [0, 0.1) is 0 Å². The smallest absolute Gasteiger partial charge is 0.255 e. The number of amides is 2. The normalized spacial score (nSPS) is 10.4. The van der Waals surface area contributed by atoms with Gasteiger partial charge in [0.2, 0.25) is 0 Å². The summed E-state index contributed by atoms with van der Waals surface area (Å²) in [6.45, 7) is 5.88. The van der Waals surface area contributed by atoms with E-state index < -0.39 is 0 Å². The third-order valence-electron chi connectivity index (χ3n) is 3.43. The Balaban J connectivity index is 2.11. The maximum absolute atomic E-state index is 12.3. The fourth-order valence-corrected chi connectivity index (χ4v) is 2.17. The van der Waals surface area contributed by atoms with Gasteiger partial charge in [0.05, 0.1) is 0 Å². The first-order chi connectivity index (χ1) is 11.0. The van der Waals surface area contributed by atoms with E-state index in [0.717, 1.165) is 12.1 Å². The molecule has 4 nitrogen and oxygen atoms in total. The van der Waals surface area contributed by atoms with E-state index in [1.165, 1.54) is 5.56 Å². The molecule has 0 saturated heterocycles. The molecule has 0 aliphatic rings. The van der Waals surface area contributed by atoms with Crippen molar-refractivity contribution < 1.29 is 9.59 Å². The summed E-state index contributed by atoms with van der Waals surface area (Å²) in [4.78, 5) is 24.3. The van der Waals surface area contributed by atoms with Crippen molar-refractivity contribution in [3.63, 3.8) is 0 Å². The van der Waals surface area contributed by atoms with Crippen molar-refractivity contribution in [3.8, 4) is 0 Å². The standard InChI is InChI=1S/C19H22N2O2/c1-4-14-8-10-17(11-9-14)21-19(23)16-7-5-6-15(12-16)18(22)20-13(2)3/h5-13H,4H2,1-3H3,(H,20,22)(H,21,23). The Morgan fingerprint density at radius 2 is 1.57 bits per heavy atom. The summed E-state index contributed by atoms with van der Waals surface area (Å²) < 4.78 is 0. The molecule has 0 aliphatic carbocycles. The minimum absolute atomic E-state index is 0.0528. The minimum Gasteiger partial charge on any atom is -0.350 e. The molecule has 23 heavy (non-hydrogen) atoms.